The Balaban J connectivity index is 1.94. The Labute approximate surface area is 160 Å². The number of amides is 1. The van der Waals surface area contributed by atoms with E-state index >= 15 is 0 Å². The number of carbonyl (C=O) groups is 2. The van der Waals surface area contributed by atoms with Gasteiger partial charge in [0, 0.05) is 42.8 Å². The first kappa shape index (κ1) is 20.8. The lowest BCUT2D eigenvalue weighted by Crippen LogP contribution is -2.30. The van der Waals surface area contributed by atoms with Crippen molar-refractivity contribution in [3.8, 4) is 11.5 Å². The third kappa shape index (κ3) is 5.72. The molecule has 1 heterocycles. The maximum absolute atomic E-state index is 12.7. The average Bonchev–Trinajstić information content (AvgIpc) is 3.00. The first-order valence-corrected chi connectivity index (χ1v) is 9.08. The lowest BCUT2D eigenvalue weighted by Gasteiger charge is -2.19. The molecule has 2 rings (SSSR count). The molecule has 0 saturated carbocycles. The number of nitrogens with zero attached hydrogens (tertiary/aromatic N) is 1. The van der Waals surface area contributed by atoms with Gasteiger partial charge in [0.2, 0.25) is 5.91 Å². The molecule has 2 N–H and O–H groups in total. The van der Waals surface area contributed by atoms with E-state index in [9.17, 15) is 9.59 Å². The van der Waals surface area contributed by atoms with Crippen LogP contribution >= 0.6 is 0 Å². The minimum atomic E-state index is -0.418. The molecule has 0 aromatic heterocycles. The number of ether oxygens (including phenoxy) is 3. The molecule has 2 atom stereocenters. The van der Waals surface area contributed by atoms with Crippen molar-refractivity contribution < 1.29 is 23.8 Å². The van der Waals surface area contributed by atoms with Gasteiger partial charge in [0.05, 0.1) is 20.8 Å². The fourth-order valence-corrected chi connectivity index (χ4v) is 3.17. The highest BCUT2D eigenvalue weighted by molar-refractivity contribution is 5.82. The molecule has 148 valence electrons. The monoisotopic (exact) mass is 376 g/mol. The van der Waals surface area contributed by atoms with Gasteiger partial charge in [-0.2, -0.15) is 0 Å². The van der Waals surface area contributed by atoms with E-state index in [0.717, 1.165) is 12.0 Å². The molecule has 1 aromatic carbocycles. The van der Waals surface area contributed by atoms with Gasteiger partial charge in [0.15, 0.2) is 0 Å². The van der Waals surface area contributed by atoms with Crippen LogP contribution in [0.25, 0.3) is 0 Å². The lowest BCUT2D eigenvalue weighted by molar-refractivity contribution is -0.137. The summed E-state index contributed by atoms with van der Waals surface area (Å²) in [6.45, 7) is 3.22. The molecule has 0 radical (unpaired) electrons. The molecule has 0 spiro atoms. The Hall–Kier alpha value is -2.54. The molecule has 7 nitrogen and oxygen atoms in total. The van der Waals surface area contributed by atoms with Crippen LogP contribution in [-0.4, -0.2) is 50.2 Å². The van der Waals surface area contributed by atoms with Gasteiger partial charge in [-0.15, -0.1) is 0 Å². The van der Waals surface area contributed by atoms with Crippen molar-refractivity contribution >= 4 is 11.9 Å². The molecule has 1 aliphatic rings. The lowest BCUT2D eigenvalue weighted by atomic mass is 9.98. The number of benzene rings is 1. The molecular weight excluding hydrogens is 348 g/mol. The molecule has 1 aliphatic heterocycles. The normalized spacial score (nSPS) is 18.0. The summed E-state index contributed by atoms with van der Waals surface area (Å²) in [5.74, 6) is 0.920. The summed E-state index contributed by atoms with van der Waals surface area (Å²) in [5.41, 5.74) is 6.97. The molecule has 2 unspecified atom stereocenters. The maximum Gasteiger partial charge on any atom is 0.330 e. The van der Waals surface area contributed by atoms with Crippen LogP contribution in [0, 0.1) is 5.92 Å². The van der Waals surface area contributed by atoms with Crippen LogP contribution in [0.2, 0.25) is 0 Å². The molecule has 27 heavy (non-hydrogen) atoms. The smallest absolute Gasteiger partial charge is 0.330 e. The fraction of sp³-hybridized carbons (Fsp3) is 0.500. The summed E-state index contributed by atoms with van der Waals surface area (Å²) in [6.07, 6.45) is 4.18. The van der Waals surface area contributed by atoms with E-state index in [2.05, 4.69) is 0 Å². The number of esters is 1. The highest BCUT2D eigenvalue weighted by Gasteiger charge is 2.32. The average molecular weight is 376 g/mol. The zero-order valence-corrected chi connectivity index (χ0v) is 16.1. The predicted octanol–water partition coefficient (Wildman–Crippen LogP) is 1.89. The van der Waals surface area contributed by atoms with Gasteiger partial charge in [-0.05, 0) is 31.9 Å². The molecule has 1 aromatic rings. The van der Waals surface area contributed by atoms with Gasteiger partial charge in [-0.25, -0.2) is 4.79 Å². The van der Waals surface area contributed by atoms with E-state index in [1.165, 1.54) is 6.08 Å². The zero-order valence-electron chi connectivity index (χ0n) is 16.1. The van der Waals surface area contributed by atoms with Crippen LogP contribution < -0.4 is 15.2 Å². The summed E-state index contributed by atoms with van der Waals surface area (Å²) in [5, 5.41) is 0. The second-order valence-electron chi connectivity index (χ2n) is 6.43. The largest absolute Gasteiger partial charge is 0.497 e. The van der Waals surface area contributed by atoms with E-state index in [4.69, 9.17) is 19.9 Å². The van der Waals surface area contributed by atoms with Crippen molar-refractivity contribution in [3.63, 3.8) is 0 Å². The predicted molar refractivity (Wildman–Crippen MR) is 101 cm³/mol. The van der Waals surface area contributed by atoms with Crippen molar-refractivity contribution in [2.24, 2.45) is 11.7 Å². The van der Waals surface area contributed by atoms with E-state index in [-0.39, 0.29) is 17.9 Å². The van der Waals surface area contributed by atoms with E-state index in [0.29, 0.717) is 37.6 Å². The SMILES string of the molecule is CCOC(=O)/C=C/C(N)CC1CCN(Cc2ccc(OC)cc2OC)C1=O. The van der Waals surface area contributed by atoms with Gasteiger partial charge in [0.1, 0.15) is 11.5 Å². The van der Waals surface area contributed by atoms with Crippen molar-refractivity contribution in [1.82, 2.24) is 4.90 Å². The van der Waals surface area contributed by atoms with E-state index in [1.54, 1.807) is 27.2 Å². The number of hydrogen-bond acceptors (Lipinski definition) is 6. The molecule has 0 bridgehead atoms. The van der Waals surface area contributed by atoms with Crippen LogP contribution in [0.3, 0.4) is 0 Å². The van der Waals surface area contributed by atoms with Crippen LogP contribution in [-0.2, 0) is 20.9 Å². The Morgan fingerprint density at radius 1 is 1.37 bits per heavy atom. The summed E-state index contributed by atoms with van der Waals surface area (Å²) in [7, 11) is 3.20. The molecule has 1 amide bonds. The van der Waals surface area contributed by atoms with Crippen molar-refractivity contribution in [1.29, 1.82) is 0 Å². The minimum absolute atomic E-state index is 0.0767. The first-order chi connectivity index (χ1) is 13.0. The van der Waals surface area contributed by atoms with Gasteiger partial charge in [0.25, 0.3) is 0 Å². The summed E-state index contributed by atoms with van der Waals surface area (Å²) in [6, 6.07) is 5.21. The van der Waals surface area contributed by atoms with Crippen LogP contribution in [0.5, 0.6) is 11.5 Å². The second-order valence-corrected chi connectivity index (χ2v) is 6.43. The molecule has 1 saturated heterocycles. The Morgan fingerprint density at radius 2 is 2.15 bits per heavy atom. The first-order valence-electron chi connectivity index (χ1n) is 9.08. The van der Waals surface area contributed by atoms with Crippen LogP contribution in [0.15, 0.2) is 30.4 Å². The number of rotatable bonds is 9. The highest BCUT2D eigenvalue weighted by atomic mass is 16.5. The number of hydrogen-bond donors (Lipinski definition) is 1. The van der Waals surface area contributed by atoms with Crippen LogP contribution in [0.1, 0.15) is 25.3 Å². The molecule has 0 aliphatic carbocycles. The minimum Gasteiger partial charge on any atom is -0.497 e. The Morgan fingerprint density at radius 3 is 2.81 bits per heavy atom. The summed E-state index contributed by atoms with van der Waals surface area (Å²) < 4.78 is 15.4. The van der Waals surface area contributed by atoms with E-state index < -0.39 is 5.97 Å². The summed E-state index contributed by atoms with van der Waals surface area (Å²) >= 11 is 0. The maximum atomic E-state index is 12.7. The standard InChI is InChI=1S/C20H28N2O5/c1-4-27-19(23)8-6-16(21)11-14-9-10-22(20(14)24)13-15-5-7-17(25-2)12-18(15)26-3/h5-8,12,14,16H,4,9-11,13,21H2,1-3H3/b8-6+. The number of methoxy groups -OCH3 is 2. The van der Waals surface area contributed by atoms with Crippen LogP contribution in [0.4, 0.5) is 0 Å². The third-order valence-electron chi connectivity index (χ3n) is 4.59. The molecule has 7 heteroatoms. The van der Waals surface area contributed by atoms with Crippen molar-refractivity contribution in [2.75, 3.05) is 27.4 Å². The summed E-state index contributed by atoms with van der Waals surface area (Å²) in [4.78, 5) is 25.9. The highest BCUT2D eigenvalue weighted by Crippen LogP contribution is 2.29. The Bertz CT molecular complexity index is 689. The van der Waals surface area contributed by atoms with E-state index in [1.807, 2.05) is 23.1 Å². The van der Waals surface area contributed by atoms with Crippen molar-refractivity contribution in [2.45, 2.75) is 32.4 Å². The second kappa shape index (κ2) is 9.97. The molecular formula is C20H28N2O5. The Kier molecular flexibility index (Phi) is 7.67. The molecule has 1 fully saturated rings. The number of likely N-dealkylation sites (tertiary alicyclic amines) is 1. The van der Waals surface area contributed by atoms with Gasteiger partial charge < -0.3 is 24.8 Å². The van der Waals surface area contributed by atoms with Crippen molar-refractivity contribution in [3.05, 3.63) is 35.9 Å². The third-order valence-corrected chi connectivity index (χ3v) is 4.59. The zero-order chi connectivity index (χ0) is 19.8. The van der Waals surface area contributed by atoms with Gasteiger partial charge >= 0.3 is 5.97 Å². The topological polar surface area (TPSA) is 91.1 Å². The number of nitrogens with two attached hydrogens (primary N) is 1. The fourth-order valence-electron chi connectivity index (χ4n) is 3.17. The van der Waals surface area contributed by atoms with Gasteiger partial charge in [-0.3, -0.25) is 4.79 Å². The number of carbonyl (C=O) groups excluding carboxylic acids is 2. The van der Waals surface area contributed by atoms with Gasteiger partial charge in [-0.1, -0.05) is 6.08 Å². The quantitative estimate of drug-likeness (QED) is 0.523.